The van der Waals surface area contributed by atoms with E-state index in [2.05, 4.69) is 15.7 Å². The summed E-state index contributed by atoms with van der Waals surface area (Å²) in [4.78, 5) is 23.1. The summed E-state index contributed by atoms with van der Waals surface area (Å²) in [6.07, 6.45) is 7.57. The fourth-order valence-corrected chi connectivity index (χ4v) is 2.46. The van der Waals surface area contributed by atoms with Gasteiger partial charge in [0.2, 0.25) is 5.91 Å². The highest BCUT2D eigenvalue weighted by atomic mass is 16.4. The topological polar surface area (TPSA) is 96.2 Å². The van der Waals surface area contributed by atoms with Crippen molar-refractivity contribution in [3.05, 3.63) is 18.0 Å². The van der Waals surface area contributed by atoms with Crippen LogP contribution in [0.3, 0.4) is 0 Å². The number of hydrogen-bond donors (Lipinski definition) is 3. The third-order valence-electron chi connectivity index (χ3n) is 3.52. The Bertz CT molecular complexity index is 480. The van der Waals surface area contributed by atoms with E-state index < -0.39 is 12.0 Å². The van der Waals surface area contributed by atoms with Crippen LogP contribution >= 0.6 is 0 Å². The summed E-state index contributed by atoms with van der Waals surface area (Å²) in [6.45, 7) is 0.148. The van der Waals surface area contributed by atoms with Gasteiger partial charge >= 0.3 is 5.97 Å². The smallest absolute Gasteiger partial charge is 0.331 e. The Morgan fingerprint density at radius 1 is 1.50 bits per heavy atom. The molecule has 20 heavy (non-hydrogen) atoms. The minimum atomic E-state index is -1.09. The predicted octanol–water partition coefficient (Wildman–Crippen LogP) is 0.194. The van der Waals surface area contributed by atoms with Crippen LogP contribution in [-0.4, -0.2) is 39.4 Å². The zero-order valence-electron chi connectivity index (χ0n) is 11.5. The molecule has 1 aromatic rings. The van der Waals surface area contributed by atoms with Gasteiger partial charge in [0.05, 0.1) is 12.7 Å². The summed E-state index contributed by atoms with van der Waals surface area (Å²) in [7, 11) is 1.70. The van der Waals surface area contributed by atoms with Gasteiger partial charge in [0, 0.05) is 24.8 Å². The van der Waals surface area contributed by atoms with Gasteiger partial charge in [-0.25, -0.2) is 4.79 Å². The second kappa shape index (κ2) is 6.51. The van der Waals surface area contributed by atoms with E-state index in [0.717, 1.165) is 12.8 Å². The monoisotopic (exact) mass is 280 g/mol. The number of aromatic nitrogens is 2. The van der Waals surface area contributed by atoms with Crippen LogP contribution in [0.2, 0.25) is 0 Å². The van der Waals surface area contributed by atoms with Crippen LogP contribution in [-0.2, 0) is 16.6 Å². The Labute approximate surface area is 117 Å². The van der Waals surface area contributed by atoms with E-state index in [1.54, 1.807) is 13.2 Å². The van der Waals surface area contributed by atoms with Crippen molar-refractivity contribution in [2.75, 3.05) is 6.54 Å². The molecule has 1 heterocycles. The maximum atomic E-state index is 11.8. The summed E-state index contributed by atoms with van der Waals surface area (Å²) in [5.41, 5.74) is 0.467. The number of carboxylic acid groups (broad SMARTS) is 1. The lowest BCUT2D eigenvalue weighted by molar-refractivity contribution is -0.141. The molecule has 1 aliphatic carbocycles. The molecule has 1 fully saturated rings. The van der Waals surface area contributed by atoms with E-state index in [9.17, 15) is 14.7 Å². The maximum Gasteiger partial charge on any atom is 0.331 e. The summed E-state index contributed by atoms with van der Waals surface area (Å²) < 4.78 is 1.51. The lowest BCUT2D eigenvalue weighted by Gasteiger charge is -2.15. The summed E-state index contributed by atoms with van der Waals surface area (Å²) in [5.74, 6) is -1.40. The summed E-state index contributed by atoms with van der Waals surface area (Å²) in [5, 5.41) is 18.8. The molecule has 1 unspecified atom stereocenters. The number of nitrogens with one attached hydrogen (secondary N) is 2. The standard InChI is InChI=1S/C13H20N4O3/c1-17-8-9(6-15-17)12(13(19)20)16-11(18)7-14-10-4-2-3-5-10/h6,8,10,12,14H,2-5,7H2,1H3,(H,16,18)(H,19,20). The minimum Gasteiger partial charge on any atom is -0.479 e. The van der Waals surface area contributed by atoms with Crippen LogP contribution < -0.4 is 10.6 Å². The van der Waals surface area contributed by atoms with Crippen molar-refractivity contribution in [2.45, 2.75) is 37.8 Å². The van der Waals surface area contributed by atoms with Crippen LogP contribution in [0.25, 0.3) is 0 Å². The molecular weight excluding hydrogens is 260 g/mol. The molecule has 7 nitrogen and oxygen atoms in total. The van der Waals surface area contributed by atoms with Crippen LogP contribution in [0.1, 0.15) is 37.3 Å². The van der Waals surface area contributed by atoms with Gasteiger partial charge in [0.15, 0.2) is 6.04 Å². The van der Waals surface area contributed by atoms with E-state index in [1.807, 2.05) is 0 Å². The highest BCUT2D eigenvalue weighted by molar-refractivity contribution is 5.85. The molecule has 1 aromatic heterocycles. The van der Waals surface area contributed by atoms with E-state index in [4.69, 9.17) is 0 Å². The van der Waals surface area contributed by atoms with Crippen molar-refractivity contribution in [2.24, 2.45) is 7.05 Å². The van der Waals surface area contributed by atoms with Gasteiger partial charge in [-0.1, -0.05) is 12.8 Å². The number of aryl methyl sites for hydroxylation is 1. The number of aliphatic carboxylic acids is 1. The van der Waals surface area contributed by atoms with E-state index >= 15 is 0 Å². The summed E-state index contributed by atoms with van der Waals surface area (Å²) in [6, 6.07) is -0.677. The molecule has 1 atom stereocenters. The predicted molar refractivity (Wildman–Crippen MR) is 72.0 cm³/mol. The van der Waals surface area contributed by atoms with Gasteiger partial charge in [-0.3, -0.25) is 9.48 Å². The first kappa shape index (κ1) is 14.5. The van der Waals surface area contributed by atoms with Gasteiger partial charge in [-0.2, -0.15) is 5.10 Å². The van der Waals surface area contributed by atoms with E-state index in [0.29, 0.717) is 11.6 Å². The average Bonchev–Trinajstić information content (AvgIpc) is 3.04. The third-order valence-corrected chi connectivity index (χ3v) is 3.52. The first-order chi connectivity index (χ1) is 9.56. The molecular formula is C13H20N4O3. The molecule has 1 aliphatic rings. The first-order valence-electron chi connectivity index (χ1n) is 6.80. The quantitative estimate of drug-likeness (QED) is 0.691. The molecule has 0 radical (unpaired) electrons. The molecule has 110 valence electrons. The second-order valence-electron chi connectivity index (χ2n) is 5.15. The Morgan fingerprint density at radius 2 is 2.20 bits per heavy atom. The largest absolute Gasteiger partial charge is 0.479 e. The van der Waals surface area contributed by atoms with Gasteiger partial charge in [0.1, 0.15) is 0 Å². The number of hydrogen-bond acceptors (Lipinski definition) is 4. The lowest BCUT2D eigenvalue weighted by atomic mass is 10.1. The summed E-state index contributed by atoms with van der Waals surface area (Å²) >= 11 is 0. The first-order valence-corrected chi connectivity index (χ1v) is 6.80. The Hall–Kier alpha value is -1.89. The van der Waals surface area contributed by atoms with Crippen LogP contribution in [0.15, 0.2) is 12.4 Å². The van der Waals surface area contributed by atoms with E-state index in [1.165, 1.54) is 23.7 Å². The Balaban J connectivity index is 1.87. The fraction of sp³-hybridized carbons (Fsp3) is 0.615. The van der Waals surface area contributed by atoms with Crippen molar-refractivity contribution in [3.8, 4) is 0 Å². The van der Waals surface area contributed by atoms with Gasteiger partial charge < -0.3 is 15.7 Å². The van der Waals surface area contributed by atoms with Crippen LogP contribution in [0, 0.1) is 0 Å². The Morgan fingerprint density at radius 3 is 2.75 bits per heavy atom. The molecule has 0 spiro atoms. The number of carbonyl (C=O) groups excluding carboxylic acids is 1. The van der Waals surface area contributed by atoms with Gasteiger partial charge in [-0.05, 0) is 12.8 Å². The molecule has 2 rings (SSSR count). The zero-order valence-corrected chi connectivity index (χ0v) is 11.5. The molecule has 0 saturated heterocycles. The number of rotatable bonds is 6. The Kier molecular flexibility index (Phi) is 4.73. The van der Waals surface area contributed by atoms with Gasteiger partial charge in [0.25, 0.3) is 0 Å². The highest BCUT2D eigenvalue weighted by Crippen LogP contribution is 2.17. The molecule has 0 aliphatic heterocycles. The van der Waals surface area contributed by atoms with Crippen molar-refractivity contribution in [3.63, 3.8) is 0 Å². The van der Waals surface area contributed by atoms with Crippen molar-refractivity contribution >= 4 is 11.9 Å². The molecule has 0 aromatic carbocycles. The molecule has 1 amide bonds. The average molecular weight is 280 g/mol. The normalized spacial score (nSPS) is 17.1. The molecule has 0 bridgehead atoms. The zero-order chi connectivity index (χ0) is 14.5. The number of nitrogens with zero attached hydrogens (tertiary/aromatic N) is 2. The number of carbonyl (C=O) groups is 2. The van der Waals surface area contributed by atoms with Crippen molar-refractivity contribution in [1.82, 2.24) is 20.4 Å². The number of amides is 1. The molecule has 3 N–H and O–H groups in total. The SMILES string of the molecule is Cn1cc(C(NC(=O)CNC2CCCC2)C(=O)O)cn1. The van der Waals surface area contributed by atoms with Crippen LogP contribution in [0.5, 0.6) is 0 Å². The van der Waals surface area contributed by atoms with Crippen molar-refractivity contribution in [1.29, 1.82) is 0 Å². The van der Waals surface area contributed by atoms with Crippen molar-refractivity contribution < 1.29 is 14.7 Å². The maximum absolute atomic E-state index is 11.8. The van der Waals surface area contributed by atoms with Gasteiger partial charge in [-0.15, -0.1) is 0 Å². The number of carboxylic acids is 1. The highest BCUT2D eigenvalue weighted by Gasteiger charge is 2.24. The van der Waals surface area contributed by atoms with E-state index in [-0.39, 0.29) is 12.5 Å². The molecule has 1 saturated carbocycles. The second-order valence-corrected chi connectivity index (χ2v) is 5.15. The lowest BCUT2D eigenvalue weighted by Crippen LogP contribution is -2.41. The molecule has 7 heteroatoms. The minimum absolute atomic E-state index is 0.148. The third kappa shape index (κ3) is 3.80. The van der Waals surface area contributed by atoms with Crippen LogP contribution in [0.4, 0.5) is 0 Å². The fourth-order valence-electron chi connectivity index (χ4n) is 2.46.